The minimum absolute atomic E-state index is 0.495. The van der Waals surface area contributed by atoms with Crippen molar-refractivity contribution in [3.63, 3.8) is 0 Å². The van der Waals surface area contributed by atoms with E-state index in [1.807, 2.05) is 18.2 Å². The maximum absolute atomic E-state index is 6.04. The molecule has 0 spiro atoms. The molecule has 102 valence electrons. The fourth-order valence-corrected chi connectivity index (χ4v) is 2.13. The molecule has 0 radical (unpaired) electrons. The Morgan fingerprint density at radius 1 is 1.44 bits per heavy atom. The first-order valence-corrected chi connectivity index (χ1v) is 6.73. The summed E-state index contributed by atoms with van der Waals surface area (Å²) in [6.45, 7) is 7.84. The maximum Gasteiger partial charge on any atom is 0.123 e. The summed E-state index contributed by atoms with van der Waals surface area (Å²) in [5.74, 6) is 1.38. The summed E-state index contributed by atoms with van der Waals surface area (Å²) < 4.78 is 5.37. The second-order valence-electron chi connectivity index (χ2n) is 4.62. The van der Waals surface area contributed by atoms with Gasteiger partial charge < -0.3 is 10.5 Å². The number of halogens is 1. The molecule has 18 heavy (non-hydrogen) atoms. The van der Waals surface area contributed by atoms with Crippen molar-refractivity contribution < 1.29 is 4.74 Å². The van der Waals surface area contributed by atoms with E-state index in [0.717, 1.165) is 36.0 Å². The van der Waals surface area contributed by atoms with E-state index in [4.69, 9.17) is 22.1 Å². The largest absolute Gasteiger partial charge is 0.496 e. The summed E-state index contributed by atoms with van der Waals surface area (Å²) >= 11 is 6.04. The van der Waals surface area contributed by atoms with Gasteiger partial charge in [-0.3, -0.25) is 4.90 Å². The van der Waals surface area contributed by atoms with E-state index in [1.54, 1.807) is 7.11 Å². The lowest BCUT2D eigenvalue weighted by Crippen LogP contribution is -2.31. The summed E-state index contributed by atoms with van der Waals surface area (Å²) in [4.78, 5) is 2.35. The lowest BCUT2D eigenvalue weighted by Gasteiger charge is -2.24. The summed E-state index contributed by atoms with van der Waals surface area (Å²) in [6, 6.07) is 5.73. The quantitative estimate of drug-likeness (QED) is 0.828. The number of hydrogen-bond acceptors (Lipinski definition) is 3. The third kappa shape index (κ3) is 4.48. The average molecular weight is 271 g/mol. The number of rotatable bonds is 7. The minimum atomic E-state index is 0.495. The molecule has 0 saturated heterocycles. The number of nitrogens with zero attached hydrogens (tertiary/aromatic N) is 1. The van der Waals surface area contributed by atoms with Gasteiger partial charge in [0.2, 0.25) is 0 Å². The molecular formula is C14H23ClN2O. The van der Waals surface area contributed by atoms with Gasteiger partial charge in [0, 0.05) is 23.7 Å². The predicted octanol–water partition coefficient (Wildman–Crippen LogP) is 2.77. The molecule has 0 bridgehead atoms. The molecule has 1 unspecified atom stereocenters. The summed E-state index contributed by atoms with van der Waals surface area (Å²) in [5, 5.41) is 0.744. The fourth-order valence-electron chi connectivity index (χ4n) is 1.93. The van der Waals surface area contributed by atoms with E-state index in [-0.39, 0.29) is 0 Å². The van der Waals surface area contributed by atoms with Crippen molar-refractivity contribution in [1.82, 2.24) is 4.90 Å². The fraction of sp³-hybridized carbons (Fsp3) is 0.571. The molecule has 1 aromatic carbocycles. The van der Waals surface area contributed by atoms with Crippen molar-refractivity contribution in [2.24, 2.45) is 11.7 Å². The van der Waals surface area contributed by atoms with Gasteiger partial charge in [-0.05, 0) is 37.2 Å². The third-order valence-electron chi connectivity index (χ3n) is 3.06. The van der Waals surface area contributed by atoms with Gasteiger partial charge in [0.25, 0.3) is 0 Å². The number of ether oxygens (including phenoxy) is 1. The highest BCUT2D eigenvalue weighted by Crippen LogP contribution is 2.24. The van der Waals surface area contributed by atoms with Crippen LogP contribution in [0.25, 0.3) is 0 Å². The predicted molar refractivity (Wildman–Crippen MR) is 77.2 cm³/mol. The van der Waals surface area contributed by atoms with E-state index < -0.39 is 0 Å². The van der Waals surface area contributed by atoms with E-state index in [0.29, 0.717) is 12.5 Å². The van der Waals surface area contributed by atoms with E-state index in [2.05, 4.69) is 18.7 Å². The van der Waals surface area contributed by atoms with E-state index in [9.17, 15) is 0 Å². The molecule has 0 heterocycles. The van der Waals surface area contributed by atoms with Crippen LogP contribution in [-0.4, -0.2) is 31.6 Å². The van der Waals surface area contributed by atoms with Crippen molar-refractivity contribution in [2.75, 3.05) is 26.7 Å². The van der Waals surface area contributed by atoms with Crippen LogP contribution >= 0.6 is 11.6 Å². The van der Waals surface area contributed by atoms with Crippen LogP contribution in [-0.2, 0) is 6.54 Å². The molecule has 1 atom stereocenters. The van der Waals surface area contributed by atoms with Gasteiger partial charge in [0.15, 0.2) is 0 Å². The zero-order valence-corrected chi connectivity index (χ0v) is 12.2. The second kappa shape index (κ2) is 7.62. The second-order valence-corrected chi connectivity index (χ2v) is 5.06. The Bertz CT molecular complexity index is 371. The van der Waals surface area contributed by atoms with Gasteiger partial charge in [-0.25, -0.2) is 0 Å². The van der Waals surface area contributed by atoms with Crippen LogP contribution in [0.2, 0.25) is 5.02 Å². The molecule has 3 nitrogen and oxygen atoms in total. The number of methoxy groups -OCH3 is 1. The first kappa shape index (κ1) is 15.3. The van der Waals surface area contributed by atoms with Gasteiger partial charge in [-0.1, -0.05) is 25.4 Å². The zero-order valence-electron chi connectivity index (χ0n) is 11.4. The van der Waals surface area contributed by atoms with E-state index >= 15 is 0 Å². The Morgan fingerprint density at radius 2 is 2.17 bits per heavy atom. The van der Waals surface area contributed by atoms with Crippen molar-refractivity contribution >= 4 is 11.6 Å². The maximum atomic E-state index is 6.04. The van der Waals surface area contributed by atoms with Crippen LogP contribution in [0.3, 0.4) is 0 Å². The van der Waals surface area contributed by atoms with Gasteiger partial charge in [-0.15, -0.1) is 0 Å². The third-order valence-corrected chi connectivity index (χ3v) is 3.29. The Hall–Kier alpha value is -0.770. The molecule has 0 aromatic heterocycles. The molecular weight excluding hydrogens is 248 g/mol. The molecule has 1 rings (SSSR count). The highest BCUT2D eigenvalue weighted by Gasteiger charge is 2.11. The Morgan fingerprint density at radius 3 is 2.72 bits per heavy atom. The molecule has 0 fully saturated rings. The molecule has 0 aliphatic heterocycles. The van der Waals surface area contributed by atoms with Gasteiger partial charge >= 0.3 is 0 Å². The normalized spacial score (nSPS) is 12.8. The molecule has 4 heteroatoms. The highest BCUT2D eigenvalue weighted by molar-refractivity contribution is 6.30. The van der Waals surface area contributed by atoms with E-state index in [1.165, 1.54) is 0 Å². The SMILES string of the molecule is CCN(Cc1cc(Cl)ccc1OC)CC(C)CN. The Balaban J connectivity index is 2.77. The van der Waals surface area contributed by atoms with Crippen LogP contribution in [0.4, 0.5) is 0 Å². The number of benzene rings is 1. The first-order chi connectivity index (χ1) is 8.60. The average Bonchev–Trinajstić information content (AvgIpc) is 2.38. The number of hydrogen-bond donors (Lipinski definition) is 1. The van der Waals surface area contributed by atoms with Crippen molar-refractivity contribution in [2.45, 2.75) is 20.4 Å². The Kier molecular flexibility index (Phi) is 6.47. The molecule has 2 N–H and O–H groups in total. The van der Waals surface area contributed by atoms with Crippen LogP contribution < -0.4 is 10.5 Å². The van der Waals surface area contributed by atoms with Crippen molar-refractivity contribution in [3.8, 4) is 5.75 Å². The first-order valence-electron chi connectivity index (χ1n) is 6.35. The highest BCUT2D eigenvalue weighted by atomic mass is 35.5. The zero-order chi connectivity index (χ0) is 13.5. The van der Waals surface area contributed by atoms with Gasteiger partial charge in [0.1, 0.15) is 5.75 Å². The molecule has 0 aliphatic rings. The molecule has 0 aliphatic carbocycles. The number of nitrogens with two attached hydrogens (primary N) is 1. The van der Waals surface area contributed by atoms with Crippen LogP contribution in [0.1, 0.15) is 19.4 Å². The standard InChI is InChI=1S/C14H23ClN2O/c1-4-17(9-11(2)8-16)10-12-7-13(15)5-6-14(12)18-3/h5-7,11H,4,8-10,16H2,1-3H3. The smallest absolute Gasteiger partial charge is 0.123 e. The summed E-state index contributed by atoms with van der Waals surface area (Å²) in [7, 11) is 1.69. The van der Waals surface area contributed by atoms with Gasteiger partial charge in [-0.2, -0.15) is 0 Å². The van der Waals surface area contributed by atoms with Crippen LogP contribution in [0.15, 0.2) is 18.2 Å². The van der Waals surface area contributed by atoms with Crippen molar-refractivity contribution in [3.05, 3.63) is 28.8 Å². The Labute approximate surface area is 115 Å². The molecule has 0 amide bonds. The lowest BCUT2D eigenvalue weighted by molar-refractivity contribution is 0.240. The van der Waals surface area contributed by atoms with Crippen molar-refractivity contribution in [1.29, 1.82) is 0 Å². The molecule has 1 aromatic rings. The topological polar surface area (TPSA) is 38.5 Å². The molecule has 0 saturated carbocycles. The summed E-state index contributed by atoms with van der Waals surface area (Å²) in [6.07, 6.45) is 0. The lowest BCUT2D eigenvalue weighted by atomic mass is 10.1. The monoisotopic (exact) mass is 270 g/mol. The van der Waals surface area contributed by atoms with Gasteiger partial charge in [0.05, 0.1) is 7.11 Å². The minimum Gasteiger partial charge on any atom is -0.496 e. The van der Waals surface area contributed by atoms with Crippen LogP contribution in [0.5, 0.6) is 5.75 Å². The van der Waals surface area contributed by atoms with Crippen LogP contribution in [0, 0.1) is 5.92 Å². The summed E-state index contributed by atoms with van der Waals surface area (Å²) in [5.41, 5.74) is 6.80.